The van der Waals surface area contributed by atoms with E-state index >= 15 is 0 Å². The van der Waals surface area contributed by atoms with Crippen LogP contribution in [0.1, 0.15) is 17.5 Å². The first-order valence-electron chi connectivity index (χ1n) is 9.34. The molecule has 0 N–H and O–H groups in total. The summed E-state index contributed by atoms with van der Waals surface area (Å²) >= 11 is 1.44. The number of hydrogen-bond acceptors (Lipinski definition) is 5. The summed E-state index contributed by atoms with van der Waals surface area (Å²) in [4.78, 5) is 35.4. The number of aromatic nitrogens is 1. The molecule has 1 unspecified atom stereocenters. The smallest absolute Gasteiger partial charge is 0.229 e. The zero-order valence-electron chi connectivity index (χ0n) is 15.7. The first-order chi connectivity index (χ1) is 13.0. The third kappa shape index (κ3) is 3.43. The predicted octanol–water partition coefficient (Wildman–Crippen LogP) is 2.46. The normalized spacial score (nSPS) is 20.4. The minimum Gasteiger partial charge on any atom is -0.368 e. The fourth-order valence-corrected chi connectivity index (χ4v) is 4.58. The molecular formula is C20H24N4O2S. The third-order valence-electron chi connectivity index (χ3n) is 5.63. The van der Waals surface area contributed by atoms with Crippen LogP contribution in [0, 0.1) is 19.8 Å². The Morgan fingerprint density at radius 2 is 1.96 bits per heavy atom. The van der Waals surface area contributed by atoms with Gasteiger partial charge in [-0.25, -0.2) is 4.98 Å². The third-order valence-corrected chi connectivity index (χ3v) is 6.43. The number of thiazole rings is 1. The molecule has 0 saturated carbocycles. The molecule has 27 heavy (non-hydrogen) atoms. The van der Waals surface area contributed by atoms with Crippen LogP contribution in [0.3, 0.4) is 0 Å². The minimum absolute atomic E-state index is 0.00248. The van der Waals surface area contributed by atoms with E-state index in [2.05, 4.69) is 41.9 Å². The van der Waals surface area contributed by atoms with Crippen molar-refractivity contribution in [2.45, 2.75) is 20.3 Å². The first kappa shape index (κ1) is 18.0. The fraction of sp³-hybridized carbons (Fsp3) is 0.450. The average Bonchev–Trinajstić information content (AvgIpc) is 3.33. The molecule has 6 nitrogen and oxygen atoms in total. The Labute approximate surface area is 163 Å². The Bertz CT molecular complexity index is 844. The summed E-state index contributed by atoms with van der Waals surface area (Å²) in [5, 5.41) is 2.54. The highest BCUT2D eigenvalue weighted by atomic mass is 32.1. The van der Waals surface area contributed by atoms with E-state index in [-0.39, 0.29) is 24.2 Å². The van der Waals surface area contributed by atoms with Crippen molar-refractivity contribution in [2.24, 2.45) is 5.92 Å². The van der Waals surface area contributed by atoms with E-state index < -0.39 is 0 Å². The van der Waals surface area contributed by atoms with Gasteiger partial charge in [-0.3, -0.25) is 14.5 Å². The van der Waals surface area contributed by atoms with E-state index in [1.54, 1.807) is 11.1 Å². The maximum atomic E-state index is 12.9. The Balaban J connectivity index is 1.38. The maximum Gasteiger partial charge on any atom is 0.229 e. The number of nitrogens with zero attached hydrogens (tertiary/aromatic N) is 4. The lowest BCUT2D eigenvalue weighted by Crippen LogP contribution is -2.51. The van der Waals surface area contributed by atoms with Crippen molar-refractivity contribution in [1.82, 2.24) is 9.88 Å². The van der Waals surface area contributed by atoms with Crippen LogP contribution in [0.4, 0.5) is 10.8 Å². The quantitative estimate of drug-likeness (QED) is 0.816. The van der Waals surface area contributed by atoms with Gasteiger partial charge in [-0.05, 0) is 31.0 Å². The molecule has 2 amide bonds. The molecule has 0 bridgehead atoms. The summed E-state index contributed by atoms with van der Waals surface area (Å²) in [6.07, 6.45) is 1.98. The summed E-state index contributed by atoms with van der Waals surface area (Å²) < 4.78 is 0. The molecule has 0 aliphatic carbocycles. The maximum absolute atomic E-state index is 12.9. The van der Waals surface area contributed by atoms with Crippen LogP contribution in [-0.2, 0) is 9.59 Å². The van der Waals surface area contributed by atoms with Gasteiger partial charge in [0.05, 0.1) is 5.92 Å². The zero-order valence-corrected chi connectivity index (χ0v) is 16.5. The lowest BCUT2D eigenvalue weighted by atomic mass is 10.1. The van der Waals surface area contributed by atoms with Gasteiger partial charge in [-0.1, -0.05) is 12.1 Å². The van der Waals surface area contributed by atoms with Crippen LogP contribution >= 0.6 is 11.3 Å². The highest BCUT2D eigenvalue weighted by molar-refractivity contribution is 7.13. The molecule has 0 radical (unpaired) electrons. The molecule has 2 aliphatic rings. The molecule has 2 aliphatic heterocycles. The predicted molar refractivity (Wildman–Crippen MR) is 107 cm³/mol. The number of anilines is 2. The number of benzene rings is 1. The molecule has 1 aromatic carbocycles. The van der Waals surface area contributed by atoms with Crippen LogP contribution in [0.5, 0.6) is 0 Å². The van der Waals surface area contributed by atoms with Gasteiger partial charge in [0.2, 0.25) is 11.8 Å². The van der Waals surface area contributed by atoms with E-state index in [9.17, 15) is 9.59 Å². The molecule has 2 fully saturated rings. The summed E-state index contributed by atoms with van der Waals surface area (Å²) in [5.41, 5.74) is 3.85. The fourth-order valence-electron chi connectivity index (χ4n) is 3.91. The van der Waals surface area contributed by atoms with Crippen molar-refractivity contribution in [3.8, 4) is 0 Å². The molecule has 142 valence electrons. The topological polar surface area (TPSA) is 56.8 Å². The lowest BCUT2D eigenvalue weighted by Gasteiger charge is -2.38. The van der Waals surface area contributed by atoms with Crippen LogP contribution in [0.15, 0.2) is 29.8 Å². The summed E-state index contributed by atoms with van der Waals surface area (Å²) in [7, 11) is 0. The average molecular weight is 385 g/mol. The SMILES string of the molecule is Cc1cccc(N2CCN(C(=O)C3CC(=O)N(c4nccs4)C3)CC2)c1C. The van der Waals surface area contributed by atoms with E-state index in [1.165, 1.54) is 28.2 Å². The van der Waals surface area contributed by atoms with Gasteiger partial charge in [0.15, 0.2) is 5.13 Å². The Morgan fingerprint density at radius 1 is 1.19 bits per heavy atom. The second-order valence-corrected chi connectivity index (χ2v) is 8.12. The molecule has 2 saturated heterocycles. The highest BCUT2D eigenvalue weighted by Crippen LogP contribution is 2.29. The Hall–Kier alpha value is -2.41. The summed E-state index contributed by atoms with van der Waals surface area (Å²) in [5.74, 6) is -0.158. The van der Waals surface area contributed by atoms with Crippen molar-refractivity contribution in [3.05, 3.63) is 40.9 Å². The van der Waals surface area contributed by atoms with Crippen molar-refractivity contribution in [1.29, 1.82) is 0 Å². The van der Waals surface area contributed by atoms with Gasteiger partial charge >= 0.3 is 0 Å². The molecule has 1 aromatic heterocycles. The number of carbonyl (C=O) groups excluding carboxylic acids is 2. The number of aryl methyl sites for hydroxylation is 1. The number of rotatable bonds is 3. The molecule has 7 heteroatoms. The van der Waals surface area contributed by atoms with Crippen molar-refractivity contribution in [2.75, 3.05) is 42.5 Å². The number of piperazine rings is 1. The van der Waals surface area contributed by atoms with Gasteiger partial charge in [0, 0.05) is 56.4 Å². The number of carbonyl (C=O) groups is 2. The molecule has 2 aromatic rings. The van der Waals surface area contributed by atoms with E-state index in [1.807, 2.05) is 10.3 Å². The molecular weight excluding hydrogens is 360 g/mol. The second-order valence-electron chi connectivity index (χ2n) is 7.25. The molecule has 3 heterocycles. The number of hydrogen-bond donors (Lipinski definition) is 0. The van der Waals surface area contributed by atoms with Gasteiger partial charge in [0.1, 0.15) is 0 Å². The van der Waals surface area contributed by atoms with Crippen molar-refractivity contribution in [3.63, 3.8) is 0 Å². The molecule has 1 atom stereocenters. The van der Waals surface area contributed by atoms with Gasteiger partial charge < -0.3 is 9.80 Å². The van der Waals surface area contributed by atoms with Crippen LogP contribution in [-0.4, -0.2) is 54.4 Å². The standard InChI is InChI=1S/C20H24N4O2S/c1-14-4-3-5-17(15(14)2)22-7-9-23(10-8-22)19(26)16-12-18(25)24(13-16)20-21-6-11-27-20/h3-6,11,16H,7-10,12-13H2,1-2H3. The van der Waals surface area contributed by atoms with E-state index in [0.717, 1.165) is 13.1 Å². The minimum atomic E-state index is -0.256. The lowest BCUT2D eigenvalue weighted by molar-refractivity contribution is -0.136. The van der Waals surface area contributed by atoms with Crippen LogP contribution in [0.25, 0.3) is 0 Å². The molecule has 0 spiro atoms. The van der Waals surface area contributed by atoms with Crippen molar-refractivity contribution >= 4 is 34.0 Å². The van der Waals surface area contributed by atoms with Gasteiger partial charge in [-0.2, -0.15) is 0 Å². The number of amides is 2. The van der Waals surface area contributed by atoms with Gasteiger partial charge in [-0.15, -0.1) is 11.3 Å². The van der Waals surface area contributed by atoms with E-state index in [0.29, 0.717) is 24.8 Å². The highest BCUT2D eigenvalue weighted by Gasteiger charge is 2.38. The monoisotopic (exact) mass is 384 g/mol. The summed E-state index contributed by atoms with van der Waals surface area (Å²) in [6, 6.07) is 6.37. The van der Waals surface area contributed by atoms with E-state index in [4.69, 9.17) is 0 Å². The first-order valence-corrected chi connectivity index (χ1v) is 10.2. The van der Waals surface area contributed by atoms with Crippen molar-refractivity contribution < 1.29 is 9.59 Å². The van der Waals surface area contributed by atoms with Crippen LogP contribution in [0.2, 0.25) is 0 Å². The zero-order chi connectivity index (χ0) is 19.0. The van der Waals surface area contributed by atoms with Gasteiger partial charge in [0.25, 0.3) is 0 Å². The largest absolute Gasteiger partial charge is 0.368 e. The Kier molecular flexibility index (Phi) is 4.86. The second kappa shape index (κ2) is 7.31. The Morgan fingerprint density at radius 3 is 2.67 bits per heavy atom. The molecule has 4 rings (SSSR count). The van der Waals surface area contributed by atoms with Crippen LogP contribution < -0.4 is 9.80 Å². The summed E-state index contributed by atoms with van der Waals surface area (Å²) in [6.45, 7) is 7.79.